The van der Waals surface area contributed by atoms with E-state index in [0.29, 0.717) is 19.0 Å². The van der Waals surface area contributed by atoms with Gasteiger partial charge in [-0.25, -0.2) is 0 Å². The Hall–Kier alpha value is -0.260. The Balaban J connectivity index is 2.47. The molecular weight excluding hydrogens is 244 g/mol. The topological polar surface area (TPSA) is 38.7 Å². The minimum absolute atomic E-state index is 0.00194. The highest BCUT2D eigenvalue weighted by Crippen LogP contribution is 2.46. The number of ether oxygens (including phenoxy) is 2. The van der Waals surface area contributed by atoms with Gasteiger partial charge in [-0.05, 0) is 15.9 Å². The van der Waals surface area contributed by atoms with Gasteiger partial charge in [0.25, 0.3) is 0 Å². The second kappa shape index (κ2) is 3.24. The molecule has 0 saturated carbocycles. The molecule has 1 N–H and O–H groups in total. The van der Waals surface area contributed by atoms with E-state index in [-0.39, 0.29) is 6.61 Å². The minimum atomic E-state index is 0.00194. The van der Waals surface area contributed by atoms with Crippen LogP contribution < -0.4 is 9.47 Å². The van der Waals surface area contributed by atoms with E-state index in [9.17, 15) is 0 Å². The normalized spacial score (nSPS) is 14.8. The second-order valence-corrected chi connectivity index (χ2v) is 4.74. The summed E-state index contributed by atoms with van der Waals surface area (Å²) in [4.78, 5) is 0.816. The number of hydrogen-bond donors (Lipinski definition) is 1. The molecule has 5 heteroatoms. The first-order chi connectivity index (χ1) is 5.83. The molecule has 0 radical (unpaired) electrons. The van der Waals surface area contributed by atoms with Gasteiger partial charge in [-0.2, -0.15) is 0 Å². The first-order valence-corrected chi connectivity index (χ1v) is 5.11. The van der Waals surface area contributed by atoms with Crippen LogP contribution >= 0.6 is 27.3 Å². The summed E-state index contributed by atoms with van der Waals surface area (Å²) in [5.41, 5.74) is 0. The van der Waals surface area contributed by atoms with Crippen LogP contribution in [-0.4, -0.2) is 18.3 Å². The molecule has 1 aliphatic rings. The van der Waals surface area contributed by atoms with Crippen LogP contribution in [0.4, 0.5) is 0 Å². The molecule has 0 unspecified atom stereocenters. The summed E-state index contributed by atoms with van der Waals surface area (Å²) in [6.45, 7) is 1.14. The molecule has 12 heavy (non-hydrogen) atoms. The number of rotatable bonds is 1. The van der Waals surface area contributed by atoms with Crippen molar-refractivity contribution in [2.24, 2.45) is 0 Å². The van der Waals surface area contributed by atoms with Crippen molar-refractivity contribution >= 4 is 27.3 Å². The zero-order valence-corrected chi connectivity index (χ0v) is 8.57. The van der Waals surface area contributed by atoms with Crippen molar-refractivity contribution in [1.82, 2.24) is 0 Å². The van der Waals surface area contributed by atoms with Crippen molar-refractivity contribution in [3.63, 3.8) is 0 Å². The zero-order valence-electron chi connectivity index (χ0n) is 6.17. The SMILES string of the molecule is OCc1sc(Br)c2c1OCCO2. The Bertz CT molecular complexity index is 297. The van der Waals surface area contributed by atoms with Crippen LogP contribution in [0.3, 0.4) is 0 Å². The highest BCUT2D eigenvalue weighted by atomic mass is 79.9. The molecule has 0 saturated heterocycles. The fourth-order valence-corrected chi connectivity index (χ4v) is 2.73. The summed E-state index contributed by atoms with van der Waals surface area (Å²) >= 11 is 4.79. The molecule has 3 nitrogen and oxygen atoms in total. The summed E-state index contributed by atoms with van der Waals surface area (Å²) in [7, 11) is 0. The molecule has 2 rings (SSSR count). The second-order valence-electron chi connectivity index (χ2n) is 2.31. The van der Waals surface area contributed by atoms with Crippen LogP contribution in [0.1, 0.15) is 4.88 Å². The van der Waals surface area contributed by atoms with E-state index in [4.69, 9.17) is 14.6 Å². The van der Waals surface area contributed by atoms with E-state index >= 15 is 0 Å². The van der Waals surface area contributed by atoms with Gasteiger partial charge in [-0.1, -0.05) is 0 Å². The van der Waals surface area contributed by atoms with Gasteiger partial charge in [-0.3, -0.25) is 0 Å². The summed E-state index contributed by atoms with van der Waals surface area (Å²) in [6.07, 6.45) is 0. The first kappa shape index (κ1) is 8.34. The molecule has 1 aliphatic heterocycles. The number of halogens is 1. The number of aliphatic hydroxyl groups excluding tert-OH is 1. The van der Waals surface area contributed by atoms with Crippen LogP contribution in [-0.2, 0) is 6.61 Å². The maximum Gasteiger partial charge on any atom is 0.186 e. The van der Waals surface area contributed by atoms with Crippen molar-refractivity contribution in [1.29, 1.82) is 0 Å². The van der Waals surface area contributed by atoms with E-state index in [2.05, 4.69) is 15.9 Å². The predicted octanol–water partition coefficient (Wildman–Crippen LogP) is 1.77. The molecule has 2 heterocycles. The van der Waals surface area contributed by atoms with Gasteiger partial charge in [0.15, 0.2) is 11.5 Å². The highest BCUT2D eigenvalue weighted by Gasteiger charge is 2.22. The average molecular weight is 251 g/mol. The monoisotopic (exact) mass is 250 g/mol. The van der Waals surface area contributed by atoms with Crippen molar-refractivity contribution in [2.45, 2.75) is 6.61 Å². The molecule has 0 aromatic carbocycles. The Kier molecular flexibility index (Phi) is 2.25. The van der Waals surface area contributed by atoms with E-state index in [1.54, 1.807) is 0 Å². The lowest BCUT2D eigenvalue weighted by atomic mass is 10.4. The Morgan fingerprint density at radius 2 is 2.00 bits per heavy atom. The summed E-state index contributed by atoms with van der Waals surface area (Å²) in [5.74, 6) is 1.43. The van der Waals surface area contributed by atoms with Gasteiger partial charge in [0.05, 0.1) is 11.5 Å². The Morgan fingerprint density at radius 3 is 2.67 bits per heavy atom. The third-order valence-corrected chi connectivity index (χ3v) is 3.34. The average Bonchev–Trinajstić information content (AvgIpc) is 2.44. The van der Waals surface area contributed by atoms with Crippen molar-refractivity contribution < 1.29 is 14.6 Å². The number of fused-ring (bicyclic) bond motifs is 1. The van der Waals surface area contributed by atoms with Gasteiger partial charge in [0, 0.05) is 0 Å². The van der Waals surface area contributed by atoms with E-state index in [0.717, 1.165) is 14.4 Å². The van der Waals surface area contributed by atoms with Crippen molar-refractivity contribution in [3.05, 3.63) is 8.66 Å². The molecule has 0 atom stereocenters. The van der Waals surface area contributed by atoms with E-state index < -0.39 is 0 Å². The number of hydrogen-bond acceptors (Lipinski definition) is 4. The lowest BCUT2D eigenvalue weighted by Gasteiger charge is -2.15. The lowest BCUT2D eigenvalue weighted by molar-refractivity contribution is 0.167. The fourth-order valence-electron chi connectivity index (χ4n) is 1.08. The van der Waals surface area contributed by atoms with Crippen LogP contribution in [0.25, 0.3) is 0 Å². The van der Waals surface area contributed by atoms with E-state index in [1.165, 1.54) is 11.3 Å². The molecule has 0 bridgehead atoms. The molecule has 0 spiro atoms. The summed E-state index contributed by atoms with van der Waals surface area (Å²) in [5, 5.41) is 8.96. The first-order valence-electron chi connectivity index (χ1n) is 3.50. The third-order valence-electron chi connectivity index (χ3n) is 1.57. The van der Waals surface area contributed by atoms with Gasteiger partial charge in [0.1, 0.15) is 17.0 Å². The van der Waals surface area contributed by atoms with Crippen LogP contribution in [0.15, 0.2) is 3.79 Å². The Morgan fingerprint density at radius 1 is 1.33 bits per heavy atom. The molecule has 0 amide bonds. The van der Waals surface area contributed by atoms with Gasteiger partial charge in [-0.15, -0.1) is 11.3 Å². The van der Waals surface area contributed by atoms with Crippen LogP contribution in [0.5, 0.6) is 11.5 Å². The zero-order chi connectivity index (χ0) is 8.55. The quantitative estimate of drug-likeness (QED) is 0.826. The smallest absolute Gasteiger partial charge is 0.186 e. The largest absolute Gasteiger partial charge is 0.485 e. The van der Waals surface area contributed by atoms with Gasteiger partial charge < -0.3 is 14.6 Å². The maximum absolute atomic E-state index is 8.96. The summed E-state index contributed by atoms with van der Waals surface area (Å²) in [6, 6.07) is 0. The highest BCUT2D eigenvalue weighted by molar-refractivity contribution is 9.11. The lowest BCUT2D eigenvalue weighted by Crippen LogP contribution is -2.15. The van der Waals surface area contributed by atoms with Crippen molar-refractivity contribution in [3.8, 4) is 11.5 Å². The molecule has 66 valence electrons. The van der Waals surface area contributed by atoms with Gasteiger partial charge in [0.2, 0.25) is 0 Å². The molecule has 0 fully saturated rings. The molecular formula is C7H7BrO3S. The number of thiophene rings is 1. The van der Waals surface area contributed by atoms with E-state index in [1.807, 2.05) is 0 Å². The standard InChI is InChI=1S/C7H7BrO3S/c8-7-6-5(4(3-9)12-7)10-1-2-11-6/h9H,1-3H2. The van der Waals surface area contributed by atoms with Crippen LogP contribution in [0.2, 0.25) is 0 Å². The minimum Gasteiger partial charge on any atom is -0.485 e. The fraction of sp³-hybridized carbons (Fsp3) is 0.429. The Labute approximate surface area is 82.0 Å². The molecule has 0 aliphatic carbocycles. The van der Waals surface area contributed by atoms with Gasteiger partial charge >= 0.3 is 0 Å². The third kappa shape index (κ3) is 1.22. The van der Waals surface area contributed by atoms with Crippen molar-refractivity contribution in [2.75, 3.05) is 13.2 Å². The van der Waals surface area contributed by atoms with Crippen LogP contribution in [0, 0.1) is 0 Å². The maximum atomic E-state index is 8.96. The molecule has 1 aromatic rings. The predicted molar refractivity (Wildman–Crippen MR) is 48.9 cm³/mol. The summed E-state index contributed by atoms with van der Waals surface area (Å²) < 4.78 is 11.6. The number of aliphatic hydroxyl groups is 1. The molecule has 1 aromatic heterocycles.